The number of hydrogen-bond acceptors (Lipinski definition) is 24. The van der Waals surface area contributed by atoms with Crippen LogP contribution in [0.2, 0.25) is 0 Å². The average Bonchev–Trinajstić information content (AvgIpc) is 0.835. The number of carboxylic acid groups (broad SMARTS) is 2. The van der Waals surface area contributed by atoms with Gasteiger partial charge in [-0.25, -0.2) is 4.79 Å². The summed E-state index contributed by atoms with van der Waals surface area (Å²) in [5.41, 5.74) is 21.9. The monoisotopic (exact) mass is 2030 g/mol. The van der Waals surface area contributed by atoms with Gasteiger partial charge in [-0.2, -0.15) is 0 Å². The number of benzene rings is 5. The summed E-state index contributed by atoms with van der Waals surface area (Å²) in [4.78, 5) is 275. The highest BCUT2D eigenvalue weighted by Crippen LogP contribution is 2.29. The fourth-order valence-electron chi connectivity index (χ4n) is 16.5. The molecular weight excluding hydrogens is 1890 g/mol. The minimum atomic E-state index is -2.12. The number of primary amides is 1. The lowest BCUT2D eigenvalue weighted by molar-refractivity contribution is -0.142. The van der Waals surface area contributed by atoms with Gasteiger partial charge in [-0.1, -0.05) is 196 Å². The Hall–Kier alpha value is -13.9. The van der Waals surface area contributed by atoms with E-state index in [1.54, 1.807) is 111 Å². The molecule has 17 amide bonds. The van der Waals surface area contributed by atoms with Crippen LogP contribution in [-0.4, -0.2) is 256 Å². The van der Waals surface area contributed by atoms with Crippen molar-refractivity contribution in [3.8, 4) is 16.9 Å². The van der Waals surface area contributed by atoms with Gasteiger partial charge in [0.2, 0.25) is 100 Å². The lowest BCUT2D eigenvalue weighted by Crippen LogP contribution is -2.63. The summed E-state index contributed by atoms with van der Waals surface area (Å²) < 4.78 is 5.34. The molecule has 43 heteroatoms. The third kappa shape index (κ3) is 39.6. The van der Waals surface area contributed by atoms with Gasteiger partial charge >= 0.3 is 11.9 Å². The molecule has 145 heavy (non-hydrogen) atoms. The Morgan fingerprint density at radius 3 is 1.34 bits per heavy atom. The SMILES string of the molecule is CC(=O)Nc1ccc(C[C@@H]2NC(=O)CSC[C@@H](C(=O)N[C@@H](C)C(N)=O)NC(=O)[C@H](C(C)O)NC(=O)[C@H](C(C)C)NC(=O)[C@H](CC3CCCCC3)NC(=O)[C@H](CCN)NC(=O)[C@@H](CC(C)C)NC(=O)[C@H](CCCN)NC(=O)[C@H](C(C)C)NC(=O)[C@H](Cc3ccc(-c4ccccc4)cc3)NC(=O)[C@H](C(C)C)NC(=O)[C@H](Cc3cccc(C)c3)NC(=O)[C@H](CC(=O)O)NC(=O)[C@H](Cc3ccc(OCC(=O)O)cc3)NC2=O)cc1. The number of aliphatic hydroxyl groups is 1. The first-order chi connectivity index (χ1) is 68.7. The van der Waals surface area contributed by atoms with Crippen molar-refractivity contribution < 1.29 is 111 Å². The number of aryl methyl sites for hydroxylation is 1. The predicted molar refractivity (Wildman–Crippen MR) is 540 cm³/mol. The van der Waals surface area contributed by atoms with E-state index in [1.165, 1.54) is 62.4 Å². The normalized spacial score (nSPS) is 23.4. The molecule has 1 heterocycles. The highest BCUT2D eigenvalue weighted by atomic mass is 32.2. The second-order valence-corrected chi connectivity index (χ2v) is 39.3. The number of anilines is 1. The van der Waals surface area contributed by atoms with Gasteiger partial charge in [-0.15, -0.1) is 11.8 Å². The summed E-state index contributed by atoms with van der Waals surface area (Å²) in [7, 11) is 0. The fourth-order valence-corrected chi connectivity index (χ4v) is 17.3. The minimum absolute atomic E-state index is 0.0173. The Bertz CT molecular complexity index is 5280. The fraction of sp³-hybridized carbons (Fsp3) is 0.520. The van der Waals surface area contributed by atoms with Gasteiger partial charge in [0.1, 0.15) is 96.4 Å². The molecule has 0 aromatic heterocycles. The standard InChI is InChI=1S/C102H143N19O23S/c1-54(2)43-73-91(132)109-72(40-42-104)90(131)112-76(45-62-22-15-13-16-23-62)95(136)120-86(57(7)8)101(142)121-87(60(11)122)102(143)117-80(98(139)106-59(10)88(105)129)52-145-53-81(124)108-74(46-64-30-36-69(37-31-64)107-61(12)123)92(133)113-75(48-65-32-38-70(39-33-65)144-51-83(127)128)93(134)115-79(50-82(125)126)94(135)114-78(49-66-24-19-21-58(9)44-66)97(138)119-85(56(5)6)100(141)116-77(47-63-28-34-68(35-29-63)67-25-17-14-18-26-67)96(137)118-84(55(3)4)99(140)110-71(27-20-41-103)89(130)111-73/h14,17-19,21,24-26,28-39,44,54-57,59-60,62,71-80,84-87,122H,13,15-16,20,22-23,27,40-43,45-53,103-104H2,1-12H3,(H2,105,129)(H,106,139)(H,107,123)(H,108,124)(H,109,132)(H,110,140)(H,111,130)(H,112,131)(H,113,133)(H,114,135)(H,115,134)(H,116,141)(H,117,143)(H,118,137)(H,119,138)(H,120,136)(H,121,142)(H,125,126)(H,127,128)/t59-,60?,71-,72-,73+,74-,75-,76-,77-,78-,79-,80-,84-,85-,86-,87-/m0/s1. The zero-order valence-corrected chi connectivity index (χ0v) is 84.9. The van der Waals surface area contributed by atoms with Gasteiger partial charge in [0, 0.05) is 44.0 Å². The molecule has 0 radical (unpaired) electrons. The number of carbonyl (C=O) groups excluding carboxylic acids is 17. The van der Waals surface area contributed by atoms with Crippen molar-refractivity contribution in [1.29, 1.82) is 0 Å². The number of hydrogen-bond donors (Lipinski definition) is 22. The molecule has 2 aliphatic rings. The van der Waals surface area contributed by atoms with E-state index in [4.69, 9.17) is 21.9 Å². The zero-order valence-electron chi connectivity index (χ0n) is 84.0. The Balaban J connectivity index is 1.36. The molecule has 0 bridgehead atoms. The van der Waals surface area contributed by atoms with Crippen LogP contribution in [0, 0.1) is 36.5 Å². The Morgan fingerprint density at radius 1 is 0.434 bits per heavy atom. The van der Waals surface area contributed by atoms with E-state index < -0.39 is 264 Å². The third-order valence-electron chi connectivity index (χ3n) is 24.4. The van der Waals surface area contributed by atoms with Gasteiger partial charge in [-0.3, -0.25) is 86.3 Å². The first kappa shape index (κ1) is 118. The first-order valence-corrected chi connectivity index (χ1v) is 50.1. The smallest absolute Gasteiger partial charge is 0.341 e. The van der Waals surface area contributed by atoms with E-state index in [-0.39, 0.29) is 81.2 Å². The summed E-state index contributed by atoms with van der Waals surface area (Å²) >= 11 is 0.677. The number of amides is 17. The summed E-state index contributed by atoms with van der Waals surface area (Å²) in [6, 6.07) is 10.2. The van der Waals surface area contributed by atoms with Crippen LogP contribution in [0.4, 0.5) is 5.69 Å². The molecule has 2 fully saturated rings. The summed E-state index contributed by atoms with van der Waals surface area (Å²) in [6.45, 7) is 17.4. The number of ether oxygens (including phenoxy) is 1. The molecule has 42 nitrogen and oxygen atoms in total. The highest BCUT2D eigenvalue weighted by molar-refractivity contribution is 8.00. The molecule has 1 aliphatic carbocycles. The molecule has 1 saturated carbocycles. The van der Waals surface area contributed by atoms with Gasteiger partial charge < -0.3 is 122 Å². The van der Waals surface area contributed by atoms with Crippen LogP contribution < -0.4 is 107 Å². The number of nitrogens with one attached hydrogen (secondary N) is 16. The van der Waals surface area contributed by atoms with Crippen LogP contribution in [-0.2, 0) is 117 Å². The van der Waals surface area contributed by atoms with Crippen molar-refractivity contribution in [1.82, 2.24) is 79.8 Å². The van der Waals surface area contributed by atoms with E-state index in [0.717, 1.165) is 37.3 Å². The molecule has 5 aromatic carbocycles. The number of rotatable bonds is 31. The van der Waals surface area contributed by atoms with Crippen molar-refractivity contribution in [3.63, 3.8) is 0 Å². The van der Waals surface area contributed by atoms with Crippen LogP contribution in [0.25, 0.3) is 11.1 Å². The summed E-state index contributed by atoms with van der Waals surface area (Å²) in [6.07, 6.45) is -0.902. The van der Waals surface area contributed by atoms with Gasteiger partial charge in [0.25, 0.3) is 0 Å². The molecule has 1 unspecified atom stereocenters. The van der Waals surface area contributed by atoms with Crippen molar-refractivity contribution in [2.45, 2.75) is 276 Å². The number of nitrogens with two attached hydrogens (primary N) is 3. The van der Waals surface area contributed by atoms with Crippen molar-refractivity contribution >= 4 is 130 Å². The first-order valence-electron chi connectivity index (χ1n) is 48.9. The van der Waals surface area contributed by atoms with Gasteiger partial charge in [-0.05, 0) is 153 Å². The zero-order chi connectivity index (χ0) is 107. The molecule has 5 aromatic rings. The Labute approximate surface area is 847 Å². The molecule has 7 rings (SSSR count). The Kier molecular flexibility index (Phi) is 47.8. The van der Waals surface area contributed by atoms with E-state index in [0.29, 0.717) is 52.5 Å². The van der Waals surface area contributed by atoms with Crippen molar-refractivity contribution in [2.75, 3.05) is 36.5 Å². The summed E-state index contributed by atoms with van der Waals surface area (Å²) in [5, 5.41) is 73.6. The van der Waals surface area contributed by atoms with Crippen LogP contribution in [0.5, 0.6) is 5.75 Å². The number of aliphatic hydroxyl groups excluding tert-OH is 1. The van der Waals surface area contributed by atoms with Crippen molar-refractivity contribution in [3.05, 3.63) is 155 Å². The molecule has 1 saturated heterocycles. The second kappa shape index (κ2) is 58.7. The predicted octanol–water partition coefficient (Wildman–Crippen LogP) is 0.806. The average molecular weight is 2040 g/mol. The van der Waals surface area contributed by atoms with Crippen LogP contribution in [0.1, 0.15) is 175 Å². The molecule has 1 aliphatic heterocycles. The lowest BCUT2D eigenvalue weighted by atomic mass is 9.84. The molecule has 790 valence electrons. The number of carboxylic acids is 2. The van der Waals surface area contributed by atoms with Crippen LogP contribution >= 0.6 is 11.8 Å². The highest BCUT2D eigenvalue weighted by Gasteiger charge is 2.42. The lowest BCUT2D eigenvalue weighted by Gasteiger charge is -2.31. The van der Waals surface area contributed by atoms with E-state index in [1.807, 2.05) is 30.3 Å². The topological polar surface area (TPSA) is 665 Å². The second-order valence-electron chi connectivity index (χ2n) is 38.3. The minimum Gasteiger partial charge on any atom is -0.482 e. The maximum atomic E-state index is 15.4. The quantitative estimate of drug-likeness (QED) is 0.0292. The maximum absolute atomic E-state index is 15.4. The van der Waals surface area contributed by atoms with E-state index in [9.17, 15) is 68.1 Å². The molecule has 16 atom stereocenters. The van der Waals surface area contributed by atoms with Crippen LogP contribution in [0.3, 0.4) is 0 Å². The number of thioether (sulfide) groups is 1. The van der Waals surface area contributed by atoms with Gasteiger partial charge in [0.05, 0.1) is 18.3 Å². The Morgan fingerprint density at radius 2 is 0.855 bits per heavy atom. The van der Waals surface area contributed by atoms with Gasteiger partial charge in [0.15, 0.2) is 6.61 Å². The summed E-state index contributed by atoms with van der Waals surface area (Å²) in [5.74, 6) is -23.7. The van der Waals surface area contributed by atoms with Crippen molar-refractivity contribution in [2.24, 2.45) is 46.8 Å². The van der Waals surface area contributed by atoms with Crippen LogP contribution in [0.15, 0.2) is 127 Å². The molecular formula is C102H143N19O23S. The number of aliphatic carboxylic acids is 2. The molecule has 0 spiro atoms. The van der Waals surface area contributed by atoms with E-state index in [2.05, 4.69) is 85.1 Å². The van der Waals surface area contributed by atoms with E-state index >= 15 is 38.4 Å². The largest absolute Gasteiger partial charge is 0.482 e. The maximum Gasteiger partial charge on any atom is 0.341 e. The molecule has 25 N–H and O–H groups in total. The third-order valence-corrected chi connectivity index (χ3v) is 25.5. The number of carbonyl (C=O) groups is 19.